The number of urea groups is 1. The van der Waals surface area contributed by atoms with E-state index in [1.165, 1.54) is 6.07 Å². The minimum atomic E-state index is -1.46. The number of fused-ring (bicyclic) bond motifs is 2. The van der Waals surface area contributed by atoms with Gasteiger partial charge in [0.2, 0.25) is 0 Å². The van der Waals surface area contributed by atoms with Crippen molar-refractivity contribution < 1.29 is 24.3 Å². The van der Waals surface area contributed by atoms with E-state index in [2.05, 4.69) is 16.0 Å². The van der Waals surface area contributed by atoms with Crippen molar-refractivity contribution in [1.82, 2.24) is 20.9 Å². The molecule has 0 saturated heterocycles. The summed E-state index contributed by atoms with van der Waals surface area (Å²) < 4.78 is 0. The van der Waals surface area contributed by atoms with Crippen LogP contribution in [0.4, 0.5) is 4.79 Å². The van der Waals surface area contributed by atoms with E-state index in [0.29, 0.717) is 30.1 Å². The highest BCUT2D eigenvalue weighted by molar-refractivity contribution is 6.41. The summed E-state index contributed by atoms with van der Waals surface area (Å²) in [5.74, 6) is -2.47. The van der Waals surface area contributed by atoms with Gasteiger partial charge in [-0.05, 0) is 59.7 Å². The Hall–Kier alpha value is -3.79. The number of rotatable bonds is 8. The first-order valence-electron chi connectivity index (χ1n) is 13.3. The molecular weight excluding hydrogens is 603 g/mol. The second kappa shape index (κ2) is 12.6. The standard InChI is InChI=1S/C30H27Cl3N4O5/c31-18-8-5-16(6-9-18)15-37-12-11-20-21(28(37)39)13-22(32)25(26(20)33)27(38)35-24(29(40)41)14-34-30(42)36-23-10-7-17-3-1-2-4-19(17)23/h1-6,8-9,13,23-24H,7,10-12,14-15H2,(H,35,38)(H,40,41)(H2,34,36,42). The SMILES string of the molecule is O=C(NCC(NC(=O)c1c(Cl)cc2c(c1Cl)CCN(Cc1ccc(Cl)cc1)C2=O)C(=O)O)NC1CCc2ccccc21. The van der Waals surface area contributed by atoms with Crippen LogP contribution in [-0.4, -0.2) is 53.0 Å². The minimum absolute atomic E-state index is 0.00997. The predicted octanol–water partition coefficient (Wildman–Crippen LogP) is 5.02. The summed E-state index contributed by atoms with van der Waals surface area (Å²) in [5, 5.41) is 18.0. The third kappa shape index (κ3) is 6.33. The number of carbonyl (C=O) groups excluding carboxylic acids is 3. The van der Waals surface area contributed by atoms with Crippen LogP contribution in [0, 0.1) is 0 Å². The van der Waals surface area contributed by atoms with E-state index in [0.717, 1.165) is 29.5 Å². The lowest BCUT2D eigenvalue weighted by atomic mass is 9.95. The third-order valence-electron chi connectivity index (χ3n) is 7.49. The number of hydrogen-bond donors (Lipinski definition) is 4. The van der Waals surface area contributed by atoms with E-state index in [4.69, 9.17) is 34.8 Å². The van der Waals surface area contributed by atoms with Gasteiger partial charge in [-0.1, -0.05) is 71.2 Å². The molecule has 0 aromatic heterocycles. The molecule has 2 unspecified atom stereocenters. The molecule has 12 heteroatoms. The van der Waals surface area contributed by atoms with Gasteiger partial charge in [0.15, 0.2) is 0 Å². The number of hydrogen-bond acceptors (Lipinski definition) is 4. The number of amides is 4. The second-order valence-corrected chi connectivity index (χ2v) is 11.4. The van der Waals surface area contributed by atoms with Gasteiger partial charge in [-0.3, -0.25) is 9.59 Å². The highest BCUT2D eigenvalue weighted by Crippen LogP contribution is 2.35. The monoisotopic (exact) mass is 628 g/mol. The molecule has 218 valence electrons. The molecule has 1 aliphatic carbocycles. The zero-order valence-corrected chi connectivity index (χ0v) is 24.5. The first-order valence-corrected chi connectivity index (χ1v) is 14.5. The zero-order chi connectivity index (χ0) is 30.0. The lowest BCUT2D eigenvalue weighted by Gasteiger charge is -2.30. The van der Waals surface area contributed by atoms with Crippen molar-refractivity contribution in [2.45, 2.75) is 37.9 Å². The van der Waals surface area contributed by atoms with Crippen molar-refractivity contribution in [3.8, 4) is 0 Å². The Morgan fingerprint density at radius 1 is 1.02 bits per heavy atom. The van der Waals surface area contributed by atoms with Gasteiger partial charge < -0.3 is 26.0 Å². The summed E-state index contributed by atoms with van der Waals surface area (Å²) in [6, 6.07) is 14.2. The van der Waals surface area contributed by atoms with Gasteiger partial charge in [0, 0.05) is 23.7 Å². The number of benzene rings is 3. The number of aryl methyl sites for hydroxylation is 1. The third-order valence-corrected chi connectivity index (χ3v) is 8.46. The lowest BCUT2D eigenvalue weighted by molar-refractivity contribution is -0.139. The molecule has 2 atom stereocenters. The fraction of sp³-hybridized carbons (Fsp3) is 0.267. The fourth-order valence-corrected chi connectivity index (χ4v) is 6.17. The quantitative estimate of drug-likeness (QED) is 0.278. The Bertz CT molecular complexity index is 1560. The molecule has 5 rings (SSSR count). The molecule has 2 aliphatic rings. The van der Waals surface area contributed by atoms with Gasteiger partial charge in [-0.25, -0.2) is 9.59 Å². The summed E-state index contributed by atoms with van der Waals surface area (Å²) in [7, 11) is 0. The maximum atomic E-state index is 13.2. The summed E-state index contributed by atoms with van der Waals surface area (Å²) >= 11 is 19.0. The highest BCUT2D eigenvalue weighted by atomic mass is 35.5. The molecule has 42 heavy (non-hydrogen) atoms. The van der Waals surface area contributed by atoms with Crippen molar-refractivity contribution in [3.63, 3.8) is 0 Å². The molecule has 0 radical (unpaired) electrons. The number of halogens is 3. The van der Waals surface area contributed by atoms with Gasteiger partial charge >= 0.3 is 12.0 Å². The largest absolute Gasteiger partial charge is 0.480 e. The van der Waals surface area contributed by atoms with Crippen molar-refractivity contribution >= 4 is 58.6 Å². The van der Waals surface area contributed by atoms with Crippen LogP contribution in [0.5, 0.6) is 0 Å². The number of aliphatic carboxylic acids is 1. The number of carbonyl (C=O) groups is 4. The zero-order valence-electron chi connectivity index (χ0n) is 22.3. The van der Waals surface area contributed by atoms with Gasteiger partial charge in [-0.15, -0.1) is 0 Å². The molecule has 1 heterocycles. The Kier molecular flexibility index (Phi) is 8.91. The minimum Gasteiger partial charge on any atom is -0.480 e. The molecule has 4 N–H and O–H groups in total. The number of carboxylic acids is 1. The molecule has 0 fully saturated rings. The van der Waals surface area contributed by atoms with E-state index >= 15 is 0 Å². The van der Waals surface area contributed by atoms with Crippen molar-refractivity contribution in [1.29, 1.82) is 0 Å². The van der Waals surface area contributed by atoms with E-state index in [9.17, 15) is 24.3 Å². The normalized spacial score (nSPS) is 16.3. The van der Waals surface area contributed by atoms with Crippen LogP contribution in [0.15, 0.2) is 54.6 Å². The average Bonchev–Trinajstić information content (AvgIpc) is 3.36. The van der Waals surface area contributed by atoms with Gasteiger partial charge in [0.1, 0.15) is 6.04 Å². The summed E-state index contributed by atoms with van der Waals surface area (Å²) in [6.45, 7) is 0.347. The number of nitrogens with zero attached hydrogens (tertiary/aromatic N) is 1. The van der Waals surface area contributed by atoms with Crippen molar-refractivity contribution in [3.05, 3.63) is 103 Å². The smallest absolute Gasteiger partial charge is 0.328 e. The molecule has 4 amide bonds. The van der Waals surface area contributed by atoms with E-state index < -0.39 is 23.9 Å². The van der Waals surface area contributed by atoms with Crippen LogP contribution in [-0.2, 0) is 24.2 Å². The Balaban J connectivity index is 1.24. The van der Waals surface area contributed by atoms with Crippen LogP contribution >= 0.6 is 34.8 Å². The van der Waals surface area contributed by atoms with E-state index in [-0.39, 0.29) is 39.7 Å². The Morgan fingerprint density at radius 2 is 1.76 bits per heavy atom. The molecule has 3 aromatic rings. The number of nitrogens with one attached hydrogen (secondary N) is 3. The molecule has 0 spiro atoms. The average molecular weight is 630 g/mol. The first-order chi connectivity index (χ1) is 20.1. The van der Waals surface area contributed by atoms with E-state index in [1.807, 2.05) is 36.4 Å². The van der Waals surface area contributed by atoms with Crippen LogP contribution < -0.4 is 16.0 Å². The van der Waals surface area contributed by atoms with Gasteiger partial charge in [0.25, 0.3) is 11.8 Å². The fourth-order valence-electron chi connectivity index (χ4n) is 5.32. The lowest BCUT2D eigenvalue weighted by Crippen LogP contribution is -2.50. The molecule has 9 nitrogen and oxygen atoms in total. The summed E-state index contributed by atoms with van der Waals surface area (Å²) in [5.41, 5.74) is 3.70. The summed E-state index contributed by atoms with van der Waals surface area (Å²) in [4.78, 5) is 52.5. The number of carboxylic acid groups (broad SMARTS) is 1. The molecular formula is C30H27Cl3N4O5. The van der Waals surface area contributed by atoms with Crippen molar-refractivity contribution in [2.24, 2.45) is 0 Å². The molecule has 1 aliphatic heterocycles. The van der Waals surface area contributed by atoms with E-state index in [1.54, 1.807) is 17.0 Å². The van der Waals surface area contributed by atoms with Crippen molar-refractivity contribution in [2.75, 3.05) is 13.1 Å². The van der Waals surface area contributed by atoms with Crippen LogP contribution in [0.2, 0.25) is 15.1 Å². The van der Waals surface area contributed by atoms with Gasteiger partial charge in [-0.2, -0.15) is 0 Å². The topological polar surface area (TPSA) is 128 Å². The highest BCUT2D eigenvalue weighted by Gasteiger charge is 2.32. The Labute approximate surface area is 257 Å². The first kappa shape index (κ1) is 29.7. The summed E-state index contributed by atoms with van der Waals surface area (Å²) in [6.07, 6.45) is 1.95. The Morgan fingerprint density at radius 3 is 2.50 bits per heavy atom. The second-order valence-electron chi connectivity index (χ2n) is 10.2. The molecule has 3 aromatic carbocycles. The van der Waals surface area contributed by atoms with Crippen LogP contribution in [0.25, 0.3) is 0 Å². The maximum Gasteiger partial charge on any atom is 0.328 e. The molecule has 0 bridgehead atoms. The van der Waals surface area contributed by atoms with Crippen LogP contribution in [0.3, 0.4) is 0 Å². The predicted molar refractivity (Wildman–Crippen MR) is 159 cm³/mol. The van der Waals surface area contributed by atoms with Gasteiger partial charge in [0.05, 0.1) is 28.2 Å². The maximum absolute atomic E-state index is 13.2. The van der Waals surface area contributed by atoms with Crippen LogP contribution in [0.1, 0.15) is 55.4 Å². The molecule has 0 saturated carbocycles.